The van der Waals surface area contributed by atoms with Crippen LogP contribution in [0.5, 0.6) is 0 Å². The second-order valence-corrected chi connectivity index (χ2v) is 5.32. The van der Waals surface area contributed by atoms with Gasteiger partial charge in [-0.05, 0) is 43.1 Å². The molecule has 1 fully saturated rings. The monoisotopic (exact) mass is 253 g/mol. The third kappa shape index (κ3) is 3.21. The van der Waals surface area contributed by atoms with Crippen molar-refractivity contribution in [1.82, 2.24) is 4.90 Å². The predicted octanol–water partition coefficient (Wildman–Crippen LogP) is 3.03. The Hall–Kier alpha value is -0.570. The number of nitrogens with zero attached hydrogens (tertiary/aromatic N) is 1. The van der Waals surface area contributed by atoms with Gasteiger partial charge in [-0.1, -0.05) is 30.7 Å². The molecular formula is C14H20ClNO. The van der Waals surface area contributed by atoms with Crippen molar-refractivity contribution < 1.29 is 5.11 Å². The maximum atomic E-state index is 9.13. The van der Waals surface area contributed by atoms with Gasteiger partial charge in [-0.25, -0.2) is 0 Å². The van der Waals surface area contributed by atoms with E-state index in [-0.39, 0.29) is 12.5 Å². The lowest BCUT2D eigenvalue weighted by atomic mass is 10.0. The second kappa shape index (κ2) is 5.85. The van der Waals surface area contributed by atoms with Crippen molar-refractivity contribution in [2.24, 2.45) is 0 Å². The van der Waals surface area contributed by atoms with Crippen LogP contribution >= 0.6 is 11.6 Å². The van der Waals surface area contributed by atoms with Crippen LogP contribution in [-0.4, -0.2) is 29.7 Å². The molecule has 94 valence electrons. The molecule has 0 aliphatic carbocycles. The fourth-order valence-electron chi connectivity index (χ4n) is 2.29. The molecular weight excluding hydrogens is 234 g/mol. The minimum atomic E-state index is 0.160. The van der Waals surface area contributed by atoms with E-state index in [4.69, 9.17) is 16.7 Å². The number of aliphatic hydroxyl groups excluding tert-OH is 1. The molecule has 0 saturated carbocycles. The van der Waals surface area contributed by atoms with Gasteiger partial charge in [-0.15, -0.1) is 0 Å². The Labute approximate surface area is 108 Å². The van der Waals surface area contributed by atoms with E-state index in [9.17, 15) is 0 Å². The van der Waals surface area contributed by atoms with E-state index in [0.717, 1.165) is 17.1 Å². The lowest BCUT2D eigenvalue weighted by Crippen LogP contribution is -2.18. The molecule has 0 amide bonds. The molecule has 2 nitrogen and oxygen atoms in total. The molecule has 1 N–H and O–H groups in total. The van der Waals surface area contributed by atoms with Gasteiger partial charge in [0.2, 0.25) is 0 Å². The van der Waals surface area contributed by atoms with E-state index in [0.29, 0.717) is 0 Å². The van der Waals surface area contributed by atoms with E-state index >= 15 is 0 Å². The van der Waals surface area contributed by atoms with Crippen molar-refractivity contribution in [2.45, 2.75) is 32.2 Å². The van der Waals surface area contributed by atoms with Gasteiger partial charge in [-0.2, -0.15) is 0 Å². The van der Waals surface area contributed by atoms with Crippen LogP contribution in [0.2, 0.25) is 5.02 Å². The van der Waals surface area contributed by atoms with Gasteiger partial charge in [0.15, 0.2) is 0 Å². The summed E-state index contributed by atoms with van der Waals surface area (Å²) in [5.74, 6) is 0.160. The van der Waals surface area contributed by atoms with Crippen LogP contribution in [0, 0.1) is 0 Å². The van der Waals surface area contributed by atoms with Crippen LogP contribution in [-0.2, 0) is 6.54 Å². The Morgan fingerprint density at radius 2 is 2.06 bits per heavy atom. The van der Waals surface area contributed by atoms with E-state index in [1.807, 2.05) is 13.0 Å². The third-order valence-electron chi connectivity index (χ3n) is 3.51. The van der Waals surface area contributed by atoms with Gasteiger partial charge in [0.1, 0.15) is 0 Å². The van der Waals surface area contributed by atoms with Crippen LogP contribution < -0.4 is 0 Å². The molecule has 17 heavy (non-hydrogen) atoms. The summed E-state index contributed by atoms with van der Waals surface area (Å²) >= 11 is 6.30. The van der Waals surface area contributed by atoms with Crippen LogP contribution in [0.4, 0.5) is 0 Å². The summed E-state index contributed by atoms with van der Waals surface area (Å²) in [7, 11) is 0. The normalized spacial score (nSPS) is 18.5. The largest absolute Gasteiger partial charge is 0.396 e. The smallest absolute Gasteiger partial charge is 0.0497 e. The van der Waals surface area contributed by atoms with E-state index in [1.165, 1.54) is 31.5 Å². The first-order chi connectivity index (χ1) is 8.20. The molecule has 0 aromatic heterocycles. The highest BCUT2D eigenvalue weighted by molar-refractivity contribution is 6.31. The first-order valence-electron chi connectivity index (χ1n) is 6.32. The molecule has 1 aliphatic rings. The molecule has 0 bridgehead atoms. The van der Waals surface area contributed by atoms with Gasteiger partial charge in [-0.3, -0.25) is 4.90 Å². The minimum Gasteiger partial charge on any atom is -0.396 e. The van der Waals surface area contributed by atoms with E-state index in [1.54, 1.807) is 0 Å². The topological polar surface area (TPSA) is 23.5 Å². The predicted molar refractivity (Wildman–Crippen MR) is 71.5 cm³/mol. The van der Waals surface area contributed by atoms with Crippen LogP contribution in [0.1, 0.15) is 36.8 Å². The van der Waals surface area contributed by atoms with Gasteiger partial charge in [0.25, 0.3) is 0 Å². The molecule has 1 unspecified atom stereocenters. The maximum Gasteiger partial charge on any atom is 0.0497 e. The van der Waals surface area contributed by atoms with Crippen LogP contribution in [0.25, 0.3) is 0 Å². The fourth-order valence-corrected chi connectivity index (χ4v) is 2.53. The molecule has 0 spiro atoms. The number of hydrogen-bond acceptors (Lipinski definition) is 2. The van der Waals surface area contributed by atoms with Crippen molar-refractivity contribution in [3.8, 4) is 0 Å². The number of rotatable bonds is 4. The van der Waals surface area contributed by atoms with E-state index in [2.05, 4.69) is 17.0 Å². The zero-order chi connectivity index (χ0) is 12.3. The zero-order valence-electron chi connectivity index (χ0n) is 10.3. The molecule has 1 aliphatic heterocycles. The van der Waals surface area contributed by atoms with Crippen molar-refractivity contribution in [1.29, 1.82) is 0 Å². The summed E-state index contributed by atoms with van der Waals surface area (Å²) < 4.78 is 0. The Bertz CT molecular complexity index is 374. The van der Waals surface area contributed by atoms with Gasteiger partial charge in [0.05, 0.1) is 0 Å². The third-order valence-corrected chi connectivity index (χ3v) is 3.86. The van der Waals surface area contributed by atoms with Crippen molar-refractivity contribution in [3.63, 3.8) is 0 Å². The number of aliphatic hydroxyl groups is 1. The highest BCUT2D eigenvalue weighted by Crippen LogP contribution is 2.25. The van der Waals surface area contributed by atoms with Crippen molar-refractivity contribution in [2.75, 3.05) is 19.7 Å². The average molecular weight is 254 g/mol. The molecule has 3 heteroatoms. The summed E-state index contributed by atoms with van der Waals surface area (Å²) in [5.41, 5.74) is 2.31. The van der Waals surface area contributed by atoms with Crippen LogP contribution in [0.15, 0.2) is 18.2 Å². The Kier molecular flexibility index (Phi) is 4.43. The van der Waals surface area contributed by atoms with Gasteiger partial charge < -0.3 is 5.11 Å². The maximum absolute atomic E-state index is 9.13. The molecule has 2 rings (SSSR count). The van der Waals surface area contributed by atoms with Crippen LogP contribution in [0.3, 0.4) is 0 Å². The summed E-state index contributed by atoms with van der Waals surface area (Å²) in [5, 5.41) is 9.96. The fraction of sp³-hybridized carbons (Fsp3) is 0.571. The van der Waals surface area contributed by atoms with Crippen molar-refractivity contribution >= 4 is 11.6 Å². The highest BCUT2D eigenvalue weighted by Gasteiger charge is 2.14. The number of hydrogen-bond donors (Lipinski definition) is 1. The number of halogens is 1. The highest BCUT2D eigenvalue weighted by atomic mass is 35.5. The molecule has 1 heterocycles. The summed E-state index contributed by atoms with van der Waals surface area (Å²) in [6.07, 6.45) is 2.61. The minimum absolute atomic E-state index is 0.160. The van der Waals surface area contributed by atoms with E-state index < -0.39 is 0 Å². The molecule has 1 aromatic rings. The zero-order valence-corrected chi connectivity index (χ0v) is 11.1. The molecule has 0 radical (unpaired) electrons. The summed E-state index contributed by atoms with van der Waals surface area (Å²) in [6.45, 7) is 5.50. The lowest BCUT2D eigenvalue weighted by molar-refractivity contribution is 0.273. The summed E-state index contributed by atoms with van der Waals surface area (Å²) in [4.78, 5) is 2.44. The van der Waals surface area contributed by atoms with Crippen molar-refractivity contribution in [3.05, 3.63) is 34.3 Å². The Balaban J connectivity index is 2.08. The van der Waals surface area contributed by atoms with Gasteiger partial charge in [0, 0.05) is 24.1 Å². The standard InChI is InChI=1S/C14H20ClNO/c1-11(10-17)12-4-5-13(14(15)8-12)9-16-6-2-3-7-16/h4-5,8,11,17H,2-3,6-7,9-10H2,1H3. The molecule has 1 atom stereocenters. The Morgan fingerprint density at radius 1 is 1.35 bits per heavy atom. The average Bonchev–Trinajstić information content (AvgIpc) is 2.83. The summed E-state index contributed by atoms with van der Waals surface area (Å²) in [6, 6.07) is 6.17. The Morgan fingerprint density at radius 3 is 2.65 bits per heavy atom. The number of likely N-dealkylation sites (tertiary alicyclic amines) is 1. The molecule has 1 aromatic carbocycles. The first-order valence-corrected chi connectivity index (χ1v) is 6.70. The SMILES string of the molecule is CC(CO)c1ccc(CN2CCCC2)c(Cl)c1. The quantitative estimate of drug-likeness (QED) is 0.892. The number of benzene rings is 1. The van der Waals surface area contributed by atoms with Gasteiger partial charge >= 0.3 is 0 Å². The lowest BCUT2D eigenvalue weighted by Gasteiger charge is -2.17. The molecule has 1 saturated heterocycles. The first kappa shape index (κ1) is 12.9. The second-order valence-electron chi connectivity index (χ2n) is 4.92.